The number of pyridine rings is 1. The third-order valence-corrected chi connectivity index (χ3v) is 14.9. The largest absolute Gasteiger partial charge is 0.433 e. The summed E-state index contributed by atoms with van der Waals surface area (Å²) in [5.41, 5.74) is 0.00686. The van der Waals surface area contributed by atoms with E-state index >= 15 is 0 Å². The van der Waals surface area contributed by atoms with E-state index in [1.807, 2.05) is 0 Å². The van der Waals surface area contributed by atoms with E-state index in [0.29, 0.717) is 57.7 Å². The highest BCUT2D eigenvalue weighted by Crippen LogP contribution is 2.48. The van der Waals surface area contributed by atoms with Gasteiger partial charge in [0, 0.05) is 55.5 Å². The Labute approximate surface area is 366 Å². The van der Waals surface area contributed by atoms with Crippen LogP contribution >= 0.6 is 11.3 Å². The molecule has 0 bridgehead atoms. The van der Waals surface area contributed by atoms with Gasteiger partial charge in [-0.25, -0.2) is 9.97 Å². The number of imide groups is 2. The number of carbonyl (C=O) groups excluding carboxylic acids is 5. The number of aliphatic hydroxyl groups is 1. The summed E-state index contributed by atoms with van der Waals surface area (Å²) in [6, 6.07) is 10.8. The van der Waals surface area contributed by atoms with Gasteiger partial charge >= 0.3 is 6.18 Å². The van der Waals surface area contributed by atoms with Gasteiger partial charge in [-0.15, -0.1) is 11.3 Å². The van der Waals surface area contributed by atoms with Gasteiger partial charge in [0.25, 0.3) is 17.7 Å². The fourth-order valence-electron chi connectivity index (χ4n) is 10.4. The molecule has 5 amide bonds. The van der Waals surface area contributed by atoms with Gasteiger partial charge < -0.3 is 20.6 Å². The topological polar surface area (TPSA) is 174 Å². The number of amides is 5. The Morgan fingerprint density at radius 1 is 0.905 bits per heavy atom. The number of rotatable bonds is 10. The molecular weight excluding hydrogens is 836 g/mol. The zero-order valence-electron chi connectivity index (χ0n) is 35.1. The molecule has 63 heavy (non-hydrogen) atoms. The number of anilines is 2. The molecule has 1 atom stereocenters. The highest BCUT2D eigenvalue weighted by Gasteiger charge is 2.47. The minimum atomic E-state index is -4.69. The summed E-state index contributed by atoms with van der Waals surface area (Å²) in [6.07, 6.45) is 4.19. The number of hydrogen-bond acceptors (Lipinski definition) is 11. The van der Waals surface area contributed by atoms with E-state index < -0.39 is 53.0 Å². The summed E-state index contributed by atoms with van der Waals surface area (Å²) in [4.78, 5) is 76.1. The van der Waals surface area contributed by atoms with Gasteiger partial charge in [0.2, 0.25) is 11.8 Å². The number of nitrogens with zero attached hydrogens (tertiary/aromatic N) is 4. The van der Waals surface area contributed by atoms with E-state index in [1.165, 1.54) is 6.07 Å². The molecule has 332 valence electrons. The van der Waals surface area contributed by atoms with Crippen LogP contribution in [-0.2, 0) is 21.4 Å². The van der Waals surface area contributed by atoms with Crippen LogP contribution in [0.4, 0.5) is 24.5 Å². The zero-order chi connectivity index (χ0) is 44.4. The van der Waals surface area contributed by atoms with E-state index in [9.17, 15) is 42.3 Å². The molecule has 2 aromatic heterocycles. The number of piperidine rings is 1. The highest BCUT2D eigenvalue weighted by atomic mass is 32.1. The number of likely N-dealkylation sites (tertiary alicyclic amines) is 1. The van der Waals surface area contributed by atoms with E-state index in [4.69, 9.17) is 4.98 Å². The van der Waals surface area contributed by atoms with Crippen molar-refractivity contribution in [3.8, 4) is 0 Å². The molecule has 1 unspecified atom stereocenters. The van der Waals surface area contributed by atoms with Crippen molar-refractivity contribution < 1.29 is 42.3 Å². The van der Waals surface area contributed by atoms with Crippen molar-refractivity contribution in [1.82, 2.24) is 25.1 Å². The molecule has 13 nitrogen and oxygen atoms in total. The molecule has 1 spiro atoms. The first-order chi connectivity index (χ1) is 29.9. The number of halogens is 3. The third-order valence-electron chi connectivity index (χ3n) is 13.8. The van der Waals surface area contributed by atoms with Gasteiger partial charge in [-0.05, 0) is 125 Å². The fraction of sp³-hybridized carbons (Fsp3) is 0.500. The number of thiazole rings is 1. The second kappa shape index (κ2) is 16.4. The van der Waals surface area contributed by atoms with Crippen molar-refractivity contribution in [2.75, 3.05) is 36.8 Å². The number of carbonyl (C=O) groups is 5. The minimum Gasteiger partial charge on any atom is -0.386 e. The number of hydrogen-bond donors (Lipinski definition) is 4. The van der Waals surface area contributed by atoms with E-state index in [0.717, 1.165) is 97.7 Å². The average Bonchev–Trinajstić information content (AvgIpc) is 3.76. The second-order valence-corrected chi connectivity index (χ2v) is 19.8. The summed E-state index contributed by atoms with van der Waals surface area (Å²) >= 11 is 1.55. The van der Waals surface area contributed by atoms with Gasteiger partial charge in [0.05, 0.1) is 32.0 Å². The van der Waals surface area contributed by atoms with Crippen LogP contribution in [-0.4, -0.2) is 86.6 Å². The molecule has 4 fully saturated rings. The highest BCUT2D eigenvalue weighted by molar-refractivity contribution is 7.18. The Bertz CT molecular complexity index is 2500. The summed E-state index contributed by atoms with van der Waals surface area (Å²) in [6.45, 7) is 7.15. The van der Waals surface area contributed by atoms with E-state index in [-0.39, 0.29) is 24.1 Å². The van der Waals surface area contributed by atoms with Gasteiger partial charge in [0.15, 0.2) is 0 Å². The first kappa shape index (κ1) is 43.0. The predicted octanol–water partition coefficient (Wildman–Crippen LogP) is 7.47. The molecule has 5 aliphatic rings. The summed E-state index contributed by atoms with van der Waals surface area (Å²) in [5, 5.41) is 20.4. The second-order valence-electron chi connectivity index (χ2n) is 18.7. The van der Waals surface area contributed by atoms with Crippen LogP contribution in [0, 0.1) is 17.3 Å². The summed E-state index contributed by atoms with van der Waals surface area (Å²) < 4.78 is 40.6. The number of nitrogens with one attached hydrogen (secondary N) is 3. The maximum Gasteiger partial charge on any atom is 0.433 e. The molecule has 17 heteroatoms. The minimum absolute atomic E-state index is 0.0763. The van der Waals surface area contributed by atoms with Gasteiger partial charge in [0.1, 0.15) is 17.4 Å². The average molecular weight is 886 g/mol. The van der Waals surface area contributed by atoms with E-state index in [2.05, 4.69) is 25.8 Å². The van der Waals surface area contributed by atoms with Crippen LogP contribution in [0.25, 0.3) is 10.2 Å². The van der Waals surface area contributed by atoms with Crippen molar-refractivity contribution in [3.63, 3.8) is 0 Å². The smallest absolute Gasteiger partial charge is 0.386 e. The van der Waals surface area contributed by atoms with Crippen LogP contribution in [0.3, 0.4) is 0 Å². The van der Waals surface area contributed by atoms with Crippen LogP contribution in [0.15, 0.2) is 48.5 Å². The summed E-state index contributed by atoms with van der Waals surface area (Å²) in [5.74, 6) is -1.51. The quantitative estimate of drug-likeness (QED) is 0.117. The lowest BCUT2D eigenvalue weighted by atomic mass is 9.65. The molecule has 2 aromatic carbocycles. The molecule has 2 saturated carbocycles. The van der Waals surface area contributed by atoms with Crippen molar-refractivity contribution in [2.45, 2.75) is 102 Å². The van der Waals surface area contributed by atoms with E-state index in [1.54, 1.807) is 55.5 Å². The maximum atomic E-state index is 13.5. The molecule has 5 heterocycles. The predicted molar refractivity (Wildman–Crippen MR) is 229 cm³/mol. The first-order valence-corrected chi connectivity index (χ1v) is 22.6. The first-order valence-electron chi connectivity index (χ1n) is 21.8. The lowest BCUT2D eigenvalue weighted by molar-refractivity contribution is -0.141. The monoisotopic (exact) mass is 885 g/mol. The zero-order valence-corrected chi connectivity index (χ0v) is 36.0. The Balaban J connectivity index is 0.747. The Morgan fingerprint density at radius 3 is 2.33 bits per heavy atom. The molecule has 9 rings (SSSR count). The molecule has 3 aliphatic heterocycles. The lowest BCUT2D eigenvalue weighted by Gasteiger charge is -2.54. The van der Waals surface area contributed by atoms with Crippen molar-refractivity contribution in [2.24, 2.45) is 17.3 Å². The molecule has 4 aromatic rings. The maximum absolute atomic E-state index is 13.5. The summed E-state index contributed by atoms with van der Waals surface area (Å²) in [7, 11) is 0. The van der Waals surface area contributed by atoms with Crippen LogP contribution in [0.1, 0.15) is 131 Å². The number of aromatic nitrogens is 2. The standard InChI is InChI=1S/C46H50F3N7O6S/c1-44(2,62)29-19-33-35(20-32(29)52-39(58)31-7-4-8-36(51-31)46(47,48)49)63-41(53-33)27-11-9-26(10-12-27)22-55-23-45(24-55)17-15-25(16-18-45)21-50-30-6-3-5-28-38(30)43(61)56(42(28)60)34-13-14-37(57)54-40(34)59/h3-8,19-20,25-27,34,50,62H,9-18,21-24H2,1-2H3,(H,52,58)(H,54,57,59). The Kier molecular flexibility index (Phi) is 11.2. The number of benzene rings is 2. The molecule has 2 aliphatic carbocycles. The van der Waals surface area contributed by atoms with Gasteiger partial charge in [-0.3, -0.25) is 34.2 Å². The van der Waals surface area contributed by atoms with Crippen molar-refractivity contribution in [3.05, 3.63) is 81.6 Å². The number of alkyl halides is 3. The van der Waals surface area contributed by atoms with Crippen LogP contribution in [0.5, 0.6) is 0 Å². The fourth-order valence-corrected chi connectivity index (χ4v) is 11.6. The normalized spacial score (nSPS) is 23.2. The number of fused-ring (bicyclic) bond motifs is 2. The van der Waals surface area contributed by atoms with Gasteiger partial charge in [-0.1, -0.05) is 12.1 Å². The molecular formula is C46H50F3N7O6S. The molecule has 0 radical (unpaired) electrons. The van der Waals surface area contributed by atoms with Crippen LogP contribution in [0.2, 0.25) is 0 Å². The van der Waals surface area contributed by atoms with Gasteiger partial charge in [-0.2, -0.15) is 13.2 Å². The Hall–Kier alpha value is -5.26. The SMILES string of the molecule is CC(C)(O)c1cc2nc(C3CCC(CN4CC5(CCC(CNc6cccc7c6C(=O)N(C6CCC(=O)NC6=O)C7=O)CC5)C4)CC3)sc2cc1NC(=O)c1cccc(C(F)(F)F)n1. The van der Waals surface area contributed by atoms with Crippen LogP contribution < -0.4 is 16.0 Å². The third kappa shape index (κ3) is 8.58. The Morgan fingerprint density at radius 2 is 1.63 bits per heavy atom. The molecule has 2 saturated heterocycles. The lowest BCUT2D eigenvalue weighted by Crippen LogP contribution is -2.58. The van der Waals surface area contributed by atoms with Crippen molar-refractivity contribution in [1.29, 1.82) is 0 Å². The molecule has 4 N–H and O–H groups in total. The van der Waals surface area contributed by atoms with Crippen molar-refractivity contribution >= 4 is 62.5 Å².